The summed E-state index contributed by atoms with van der Waals surface area (Å²) >= 11 is 0. The van der Waals surface area contributed by atoms with Crippen LogP contribution in [0.25, 0.3) is 0 Å². The Bertz CT molecular complexity index is 1210. The molecular formula is C28H27N3O. The van der Waals surface area contributed by atoms with Crippen LogP contribution in [0.5, 0.6) is 0 Å². The van der Waals surface area contributed by atoms with Gasteiger partial charge in [0, 0.05) is 25.2 Å². The van der Waals surface area contributed by atoms with Crippen LogP contribution in [0.15, 0.2) is 95.8 Å². The van der Waals surface area contributed by atoms with Crippen molar-refractivity contribution >= 4 is 0 Å². The van der Waals surface area contributed by atoms with Crippen molar-refractivity contribution in [1.82, 2.24) is 14.5 Å². The number of benzene rings is 3. The third-order valence-corrected chi connectivity index (χ3v) is 6.26. The molecule has 4 nitrogen and oxygen atoms in total. The van der Waals surface area contributed by atoms with Crippen LogP contribution in [0.1, 0.15) is 39.8 Å². The fourth-order valence-corrected chi connectivity index (χ4v) is 4.72. The first-order valence-electron chi connectivity index (χ1n) is 11.2. The maximum atomic E-state index is 13.8. The molecule has 0 unspecified atom stereocenters. The van der Waals surface area contributed by atoms with E-state index in [0.29, 0.717) is 6.54 Å². The number of hydrogen-bond acceptors (Lipinski definition) is 3. The molecule has 0 saturated carbocycles. The Morgan fingerprint density at radius 2 is 1.41 bits per heavy atom. The SMILES string of the molecule is Cc1nc2c(c(=O)n1C(c1ccccc1)c1ccccc1)CCN(Cc1ccccc1)C2. The summed E-state index contributed by atoms with van der Waals surface area (Å²) in [5, 5.41) is 0. The molecule has 0 spiro atoms. The van der Waals surface area contributed by atoms with Gasteiger partial charge in [-0.25, -0.2) is 4.98 Å². The van der Waals surface area contributed by atoms with E-state index in [4.69, 9.17) is 4.98 Å². The van der Waals surface area contributed by atoms with Gasteiger partial charge in [-0.05, 0) is 30.0 Å². The van der Waals surface area contributed by atoms with E-state index in [1.165, 1.54) is 5.56 Å². The molecule has 1 aliphatic heterocycles. The maximum absolute atomic E-state index is 13.8. The normalized spacial score (nSPS) is 13.8. The zero-order valence-electron chi connectivity index (χ0n) is 18.3. The highest BCUT2D eigenvalue weighted by Crippen LogP contribution is 2.27. The molecule has 4 aromatic rings. The van der Waals surface area contributed by atoms with Crippen LogP contribution in [0, 0.1) is 6.92 Å². The van der Waals surface area contributed by atoms with Gasteiger partial charge in [0.25, 0.3) is 5.56 Å². The lowest BCUT2D eigenvalue weighted by molar-refractivity contribution is 0.239. The third kappa shape index (κ3) is 4.02. The number of rotatable bonds is 5. The molecule has 3 aromatic carbocycles. The van der Waals surface area contributed by atoms with E-state index in [-0.39, 0.29) is 11.6 Å². The Labute approximate surface area is 188 Å². The Morgan fingerprint density at radius 3 is 2.00 bits per heavy atom. The predicted octanol–water partition coefficient (Wildman–Crippen LogP) is 4.75. The predicted molar refractivity (Wildman–Crippen MR) is 128 cm³/mol. The second-order valence-electron chi connectivity index (χ2n) is 8.43. The number of hydrogen-bond donors (Lipinski definition) is 0. The molecule has 32 heavy (non-hydrogen) atoms. The van der Waals surface area contributed by atoms with Gasteiger partial charge in [-0.15, -0.1) is 0 Å². The van der Waals surface area contributed by atoms with Gasteiger partial charge >= 0.3 is 0 Å². The highest BCUT2D eigenvalue weighted by Gasteiger charge is 2.26. The molecule has 0 N–H and O–H groups in total. The molecule has 0 fully saturated rings. The van der Waals surface area contributed by atoms with Crippen LogP contribution >= 0.6 is 0 Å². The van der Waals surface area contributed by atoms with Crippen LogP contribution in [0.2, 0.25) is 0 Å². The number of fused-ring (bicyclic) bond motifs is 1. The largest absolute Gasteiger partial charge is 0.293 e. The van der Waals surface area contributed by atoms with E-state index in [9.17, 15) is 4.79 Å². The van der Waals surface area contributed by atoms with Crippen LogP contribution in [0.4, 0.5) is 0 Å². The van der Waals surface area contributed by atoms with Crippen LogP contribution < -0.4 is 5.56 Å². The van der Waals surface area contributed by atoms with Crippen molar-refractivity contribution in [2.45, 2.75) is 32.5 Å². The lowest BCUT2D eigenvalue weighted by Crippen LogP contribution is -2.39. The first kappa shape index (κ1) is 20.4. The highest BCUT2D eigenvalue weighted by atomic mass is 16.1. The van der Waals surface area contributed by atoms with E-state index in [1.54, 1.807) is 0 Å². The van der Waals surface area contributed by atoms with Crippen molar-refractivity contribution in [2.75, 3.05) is 6.54 Å². The van der Waals surface area contributed by atoms with E-state index in [2.05, 4.69) is 53.4 Å². The summed E-state index contributed by atoms with van der Waals surface area (Å²) < 4.78 is 1.89. The molecule has 2 heterocycles. The van der Waals surface area contributed by atoms with E-state index >= 15 is 0 Å². The van der Waals surface area contributed by atoms with Gasteiger partial charge in [-0.3, -0.25) is 14.3 Å². The smallest absolute Gasteiger partial charge is 0.257 e. The molecule has 0 saturated heterocycles. The fourth-order valence-electron chi connectivity index (χ4n) is 4.72. The molecule has 1 aliphatic rings. The summed E-state index contributed by atoms with van der Waals surface area (Å²) in [7, 11) is 0. The Balaban J connectivity index is 1.54. The van der Waals surface area contributed by atoms with Crippen molar-refractivity contribution < 1.29 is 0 Å². The minimum atomic E-state index is -0.190. The fraction of sp³-hybridized carbons (Fsp3) is 0.214. The molecule has 0 amide bonds. The van der Waals surface area contributed by atoms with E-state index in [0.717, 1.165) is 47.7 Å². The third-order valence-electron chi connectivity index (χ3n) is 6.26. The van der Waals surface area contributed by atoms with Gasteiger partial charge < -0.3 is 0 Å². The van der Waals surface area contributed by atoms with Gasteiger partial charge in [-0.1, -0.05) is 91.0 Å². The van der Waals surface area contributed by atoms with Gasteiger partial charge in [0.05, 0.1) is 11.7 Å². The average molecular weight is 422 g/mol. The first-order valence-corrected chi connectivity index (χ1v) is 11.2. The quantitative estimate of drug-likeness (QED) is 0.467. The van der Waals surface area contributed by atoms with Gasteiger partial charge in [0.2, 0.25) is 0 Å². The van der Waals surface area contributed by atoms with Gasteiger partial charge in [0.1, 0.15) is 5.82 Å². The zero-order valence-corrected chi connectivity index (χ0v) is 18.3. The summed E-state index contributed by atoms with van der Waals surface area (Å²) in [6, 6.07) is 30.8. The van der Waals surface area contributed by atoms with Gasteiger partial charge in [-0.2, -0.15) is 0 Å². The number of aromatic nitrogens is 2. The Hall–Kier alpha value is -3.50. The molecule has 0 radical (unpaired) electrons. The molecule has 1 aromatic heterocycles. The second-order valence-corrected chi connectivity index (χ2v) is 8.43. The summed E-state index contributed by atoms with van der Waals surface area (Å²) in [6.45, 7) is 4.41. The minimum Gasteiger partial charge on any atom is -0.293 e. The molecular weight excluding hydrogens is 394 g/mol. The highest BCUT2D eigenvalue weighted by molar-refractivity contribution is 5.35. The van der Waals surface area contributed by atoms with Crippen molar-refractivity contribution in [3.05, 3.63) is 135 Å². The van der Waals surface area contributed by atoms with Crippen LogP contribution in [-0.4, -0.2) is 21.0 Å². The van der Waals surface area contributed by atoms with Crippen LogP contribution in [-0.2, 0) is 19.5 Å². The summed E-state index contributed by atoms with van der Waals surface area (Å²) in [6.07, 6.45) is 0.727. The number of aryl methyl sites for hydroxylation is 1. The summed E-state index contributed by atoms with van der Waals surface area (Å²) in [5.41, 5.74) is 5.33. The van der Waals surface area contributed by atoms with E-state index in [1.807, 2.05) is 54.0 Å². The van der Waals surface area contributed by atoms with Crippen molar-refractivity contribution in [1.29, 1.82) is 0 Å². The van der Waals surface area contributed by atoms with E-state index < -0.39 is 0 Å². The molecule has 4 heteroatoms. The van der Waals surface area contributed by atoms with Crippen molar-refractivity contribution in [3.63, 3.8) is 0 Å². The van der Waals surface area contributed by atoms with Gasteiger partial charge in [0.15, 0.2) is 0 Å². The minimum absolute atomic E-state index is 0.0876. The van der Waals surface area contributed by atoms with Crippen molar-refractivity contribution in [3.8, 4) is 0 Å². The Morgan fingerprint density at radius 1 is 0.844 bits per heavy atom. The van der Waals surface area contributed by atoms with Crippen molar-refractivity contribution in [2.24, 2.45) is 0 Å². The molecule has 0 aliphatic carbocycles. The summed E-state index contributed by atoms with van der Waals surface area (Å²) in [5.74, 6) is 0.757. The average Bonchev–Trinajstić information content (AvgIpc) is 2.83. The zero-order chi connectivity index (χ0) is 21.9. The summed E-state index contributed by atoms with van der Waals surface area (Å²) in [4.78, 5) is 21.1. The molecule has 5 rings (SSSR count). The second kappa shape index (κ2) is 8.93. The number of nitrogens with zero attached hydrogens (tertiary/aromatic N) is 3. The van der Waals surface area contributed by atoms with Crippen LogP contribution in [0.3, 0.4) is 0 Å². The molecule has 0 atom stereocenters. The maximum Gasteiger partial charge on any atom is 0.257 e. The molecule has 160 valence electrons. The topological polar surface area (TPSA) is 38.1 Å². The standard InChI is InChI=1S/C28H27N3O/c1-21-29-26-20-30(19-22-11-5-2-6-12-22)18-17-25(26)28(32)31(21)27(23-13-7-3-8-14-23)24-15-9-4-10-16-24/h2-16,27H,17-20H2,1H3. The lowest BCUT2D eigenvalue weighted by atomic mass is 9.97. The molecule has 0 bridgehead atoms. The monoisotopic (exact) mass is 421 g/mol. The first-order chi connectivity index (χ1) is 15.7. The Kier molecular flexibility index (Phi) is 5.70. The lowest BCUT2D eigenvalue weighted by Gasteiger charge is -2.30.